The van der Waals surface area contributed by atoms with E-state index in [1.807, 2.05) is 37.1 Å². The molecule has 0 bridgehead atoms. The van der Waals surface area contributed by atoms with Crippen LogP contribution in [0.25, 0.3) is 66.8 Å². The number of nitrogens with zero attached hydrogens (tertiary/aromatic N) is 3. The predicted molar refractivity (Wildman–Crippen MR) is 242 cm³/mol. The van der Waals surface area contributed by atoms with Crippen molar-refractivity contribution in [3.8, 4) is 66.8 Å². The largest absolute Gasteiger partial charge is 0.264 e. The summed E-state index contributed by atoms with van der Waals surface area (Å²) in [6.07, 6.45) is 16.0. The molecule has 3 aromatic heterocycles. The number of hydrogen-bond acceptors (Lipinski definition) is 3. The van der Waals surface area contributed by atoms with Gasteiger partial charge in [-0.25, -0.2) is 0 Å². The molecule has 9 aromatic rings. The summed E-state index contributed by atoms with van der Waals surface area (Å²) in [4.78, 5) is 13.1. The fraction of sp³-hybridized carbons (Fsp3) is 0.105. The molecule has 3 heterocycles. The Morgan fingerprint density at radius 2 is 0.733 bits per heavy atom. The molecule has 60 heavy (non-hydrogen) atoms. The van der Waals surface area contributed by atoms with E-state index in [0.717, 1.165) is 38.5 Å². The molecule has 0 N–H and O–H groups in total. The van der Waals surface area contributed by atoms with E-state index >= 15 is 0 Å². The first-order valence-corrected chi connectivity index (χ1v) is 21.2. The van der Waals surface area contributed by atoms with Gasteiger partial charge in [0, 0.05) is 55.0 Å². The molecule has 282 valence electrons. The third-order valence-corrected chi connectivity index (χ3v) is 13.9. The molecule has 0 spiro atoms. The lowest BCUT2D eigenvalue weighted by Gasteiger charge is -2.08. The maximum atomic E-state index is 4.56. The number of hydrogen-bond donors (Lipinski definition) is 0. The van der Waals surface area contributed by atoms with Crippen LogP contribution < -0.4 is 0 Å². The van der Waals surface area contributed by atoms with Gasteiger partial charge in [-0.15, -0.1) is 0 Å². The van der Waals surface area contributed by atoms with E-state index in [4.69, 9.17) is 0 Å². The van der Waals surface area contributed by atoms with Gasteiger partial charge in [0.1, 0.15) is 0 Å². The summed E-state index contributed by atoms with van der Waals surface area (Å²) in [5.41, 5.74) is 34.1. The Kier molecular flexibility index (Phi) is 7.38. The van der Waals surface area contributed by atoms with Gasteiger partial charge < -0.3 is 0 Å². The maximum absolute atomic E-state index is 4.56. The average Bonchev–Trinajstić information content (AvgIpc) is 4.15. The molecule has 0 aliphatic heterocycles. The minimum absolute atomic E-state index is 0.975. The number of aromatic nitrogens is 3. The first-order valence-electron chi connectivity index (χ1n) is 21.2. The highest BCUT2D eigenvalue weighted by atomic mass is 14.7. The van der Waals surface area contributed by atoms with Gasteiger partial charge in [-0.05, 0) is 161 Å². The molecular formula is C57H39N3. The Hall–Kier alpha value is -7.23. The monoisotopic (exact) mass is 765 g/mol. The third kappa shape index (κ3) is 5.05. The van der Waals surface area contributed by atoms with Gasteiger partial charge >= 0.3 is 0 Å². The minimum atomic E-state index is 0.975. The van der Waals surface area contributed by atoms with E-state index in [9.17, 15) is 0 Å². The van der Waals surface area contributed by atoms with E-state index in [1.165, 1.54) is 134 Å². The van der Waals surface area contributed by atoms with Gasteiger partial charge in [-0.3, -0.25) is 15.0 Å². The molecule has 0 atom stereocenters. The summed E-state index contributed by atoms with van der Waals surface area (Å²) in [5, 5.41) is 0. The third-order valence-electron chi connectivity index (χ3n) is 13.9. The van der Waals surface area contributed by atoms with Crippen LogP contribution in [-0.4, -0.2) is 15.0 Å². The summed E-state index contributed by atoms with van der Waals surface area (Å²) in [6.45, 7) is 0. The first-order chi connectivity index (χ1) is 29.7. The van der Waals surface area contributed by atoms with Gasteiger partial charge in [0.05, 0.1) is 5.69 Å². The van der Waals surface area contributed by atoms with Crippen LogP contribution in [-0.2, 0) is 38.5 Å². The molecule has 0 radical (unpaired) electrons. The molecule has 0 amide bonds. The van der Waals surface area contributed by atoms with Crippen LogP contribution in [0.1, 0.15) is 66.9 Å². The van der Waals surface area contributed by atoms with Crippen molar-refractivity contribution in [2.24, 2.45) is 0 Å². The standard InChI is InChI=1S/3C19H13N/c1-2-5-14-12(4-1)10-13-7-8-15-16-6-3-9-20-18(16)11-17(15)19(13)14;1-2-4-15-12(3-1)9-14-5-6-16-17(19(14)15)10-13-7-8-20-11-18(13)16;1-2-4-16-12(3-1)9-13-5-6-17-15-7-8-20-11-14(15)10-18(17)19(13)16/h1-9H,10-11H2;2*1-8,11H,9-10H2. The number of pyridine rings is 3. The van der Waals surface area contributed by atoms with Gasteiger partial charge in [-0.2, -0.15) is 0 Å². The lowest BCUT2D eigenvalue weighted by molar-refractivity contribution is 1.12. The molecule has 0 saturated carbocycles. The minimum Gasteiger partial charge on any atom is -0.264 e. The van der Waals surface area contributed by atoms with Crippen molar-refractivity contribution in [1.82, 2.24) is 15.0 Å². The van der Waals surface area contributed by atoms with Gasteiger partial charge in [0.25, 0.3) is 0 Å². The van der Waals surface area contributed by atoms with Crippen molar-refractivity contribution >= 4 is 0 Å². The molecule has 3 heteroatoms. The van der Waals surface area contributed by atoms with Gasteiger partial charge in [0.2, 0.25) is 0 Å². The highest BCUT2D eigenvalue weighted by Crippen LogP contribution is 2.50. The summed E-state index contributed by atoms with van der Waals surface area (Å²) in [6, 6.07) is 48.7. The Bertz CT molecular complexity index is 2930. The second kappa shape index (κ2) is 13.1. The van der Waals surface area contributed by atoms with Crippen LogP contribution in [0.4, 0.5) is 0 Å². The second-order valence-corrected chi connectivity index (χ2v) is 17.0. The van der Waals surface area contributed by atoms with Gasteiger partial charge in [-0.1, -0.05) is 115 Å². The molecule has 0 saturated heterocycles. The summed E-state index contributed by atoms with van der Waals surface area (Å²) in [5.74, 6) is 0. The van der Waals surface area contributed by atoms with Crippen molar-refractivity contribution < 1.29 is 0 Å². The lowest BCUT2D eigenvalue weighted by atomic mass is 9.95. The van der Waals surface area contributed by atoms with Crippen molar-refractivity contribution in [1.29, 1.82) is 0 Å². The molecular weight excluding hydrogens is 727 g/mol. The Morgan fingerprint density at radius 3 is 1.35 bits per heavy atom. The fourth-order valence-corrected chi connectivity index (χ4v) is 11.2. The number of benzene rings is 6. The van der Waals surface area contributed by atoms with Crippen LogP contribution in [0, 0.1) is 0 Å². The van der Waals surface area contributed by atoms with E-state index in [-0.39, 0.29) is 0 Å². The summed E-state index contributed by atoms with van der Waals surface area (Å²) in [7, 11) is 0. The predicted octanol–water partition coefficient (Wildman–Crippen LogP) is 12.7. The smallest absolute Gasteiger partial charge is 0.0526 e. The van der Waals surface area contributed by atoms with Crippen LogP contribution in [0.3, 0.4) is 0 Å². The van der Waals surface area contributed by atoms with E-state index in [0.29, 0.717) is 0 Å². The van der Waals surface area contributed by atoms with Crippen LogP contribution in [0.2, 0.25) is 0 Å². The Morgan fingerprint density at radius 1 is 0.267 bits per heavy atom. The van der Waals surface area contributed by atoms with Crippen LogP contribution >= 0.6 is 0 Å². The molecule has 6 aromatic carbocycles. The van der Waals surface area contributed by atoms with E-state index < -0.39 is 0 Å². The second-order valence-electron chi connectivity index (χ2n) is 17.0. The zero-order chi connectivity index (χ0) is 39.3. The molecule has 0 unspecified atom stereocenters. The summed E-state index contributed by atoms with van der Waals surface area (Å²) < 4.78 is 0. The van der Waals surface area contributed by atoms with Crippen LogP contribution in [0.5, 0.6) is 0 Å². The SMILES string of the molecule is c1ccc2c(c1)Cc1ccc3c(c1-2)Cc1ccncc1-3.c1ccc2c(c1)Cc1ccc3c(c1-2)Cc1cnccc1-3.c1ccc2c(c1)Cc1ccc3c(c1-2)Cc1ncccc1-3. The van der Waals surface area contributed by atoms with Crippen molar-refractivity contribution in [2.75, 3.05) is 0 Å². The highest BCUT2D eigenvalue weighted by molar-refractivity contribution is 5.92. The van der Waals surface area contributed by atoms with Crippen LogP contribution in [0.15, 0.2) is 164 Å². The molecule has 0 fully saturated rings. The van der Waals surface area contributed by atoms with Crippen molar-refractivity contribution in [3.05, 3.63) is 231 Å². The maximum Gasteiger partial charge on any atom is 0.0526 e. The molecule has 15 rings (SSSR count). The highest BCUT2D eigenvalue weighted by Gasteiger charge is 2.31. The van der Waals surface area contributed by atoms with E-state index in [1.54, 1.807) is 0 Å². The van der Waals surface area contributed by atoms with Crippen molar-refractivity contribution in [3.63, 3.8) is 0 Å². The molecule has 6 aliphatic carbocycles. The fourth-order valence-electron chi connectivity index (χ4n) is 11.2. The zero-order valence-electron chi connectivity index (χ0n) is 33.2. The number of rotatable bonds is 0. The Balaban J connectivity index is 0.0000000926. The first kappa shape index (κ1) is 33.7. The normalized spacial score (nSPS) is 13.6. The molecule has 6 aliphatic rings. The zero-order valence-corrected chi connectivity index (χ0v) is 33.2. The average molecular weight is 766 g/mol. The molecule has 3 nitrogen and oxygen atoms in total. The van der Waals surface area contributed by atoms with E-state index in [2.05, 4.69) is 142 Å². The summed E-state index contributed by atoms with van der Waals surface area (Å²) >= 11 is 0. The topological polar surface area (TPSA) is 38.7 Å². The van der Waals surface area contributed by atoms with Crippen molar-refractivity contribution in [2.45, 2.75) is 38.5 Å². The number of fused-ring (bicyclic) bond motifs is 21. The van der Waals surface area contributed by atoms with Gasteiger partial charge in [0.15, 0.2) is 0 Å². The lowest BCUT2D eigenvalue weighted by Crippen LogP contribution is -1.89. The quantitative estimate of drug-likeness (QED) is 0.154. The Labute approximate surface area is 350 Å².